The molecule has 2 aliphatic rings. The Balaban J connectivity index is 1.41. The predicted octanol–water partition coefficient (Wildman–Crippen LogP) is 7.50. The molecule has 0 spiro atoms. The molecule has 0 aromatic heterocycles. The van der Waals surface area contributed by atoms with Crippen LogP contribution in [0.3, 0.4) is 0 Å². The van der Waals surface area contributed by atoms with E-state index in [1.54, 1.807) is 37.2 Å². The third-order valence-corrected chi connectivity index (χ3v) is 8.80. The van der Waals surface area contributed by atoms with E-state index in [0.717, 1.165) is 85.1 Å². The van der Waals surface area contributed by atoms with Crippen molar-refractivity contribution in [2.75, 3.05) is 33.7 Å². The van der Waals surface area contributed by atoms with Gasteiger partial charge >= 0.3 is 5.97 Å². The van der Waals surface area contributed by atoms with Crippen LogP contribution in [0.15, 0.2) is 72.8 Å². The molecule has 3 aromatic carbocycles. The molecule has 0 bridgehead atoms. The van der Waals surface area contributed by atoms with E-state index in [9.17, 15) is 14.7 Å². The SMILES string of the molecule is CN(C)C(=O)C=CCN1CCC(Cc2ccc(C3=C(c4ccc(Cl)cc4Cl)CCCc4cc(C(=O)O)ccc43)cc2)C1. The number of fused-ring (bicyclic) bond motifs is 1. The molecule has 5 nitrogen and oxygen atoms in total. The number of aryl methyl sites for hydroxylation is 1. The minimum absolute atomic E-state index is 0.0149. The van der Waals surface area contributed by atoms with Gasteiger partial charge < -0.3 is 10.0 Å². The number of benzene rings is 3. The van der Waals surface area contributed by atoms with Crippen molar-refractivity contribution >= 4 is 46.2 Å². The number of likely N-dealkylation sites (N-methyl/N-ethyl adjacent to an activating group) is 1. The Labute approximate surface area is 258 Å². The van der Waals surface area contributed by atoms with Gasteiger partial charge in [-0.25, -0.2) is 4.79 Å². The molecule has 218 valence electrons. The third kappa shape index (κ3) is 6.97. The number of carbonyl (C=O) groups is 2. The first-order valence-electron chi connectivity index (χ1n) is 14.4. The molecule has 5 rings (SSSR count). The zero-order valence-corrected chi connectivity index (χ0v) is 25.6. The van der Waals surface area contributed by atoms with E-state index in [-0.39, 0.29) is 5.91 Å². The first-order chi connectivity index (χ1) is 20.2. The number of amides is 1. The molecule has 1 aliphatic carbocycles. The molecular weight excluding hydrogens is 567 g/mol. The molecule has 1 amide bonds. The molecule has 1 fully saturated rings. The lowest BCUT2D eigenvalue weighted by Crippen LogP contribution is -2.22. The maximum atomic E-state index is 11.8. The van der Waals surface area contributed by atoms with Gasteiger partial charge in [0.25, 0.3) is 0 Å². The second kappa shape index (κ2) is 13.3. The normalized spacial score (nSPS) is 17.4. The van der Waals surface area contributed by atoms with Crippen LogP contribution in [-0.4, -0.2) is 60.5 Å². The molecule has 1 unspecified atom stereocenters. The fourth-order valence-electron chi connectivity index (χ4n) is 6.09. The highest BCUT2D eigenvalue weighted by molar-refractivity contribution is 6.36. The van der Waals surface area contributed by atoms with Crippen LogP contribution in [-0.2, 0) is 17.6 Å². The maximum Gasteiger partial charge on any atom is 0.335 e. The minimum Gasteiger partial charge on any atom is -0.478 e. The van der Waals surface area contributed by atoms with Crippen LogP contribution in [0.4, 0.5) is 0 Å². The number of nitrogens with zero attached hydrogens (tertiary/aromatic N) is 2. The second-order valence-electron chi connectivity index (χ2n) is 11.5. The molecule has 42 heavy (non-hydrogen) atoms. The van der Waals surface area contributed by atoms with Gasteiger partial charge in [-0.15, -0.1) is 0 Å². The number of hydrogen-bond donors (Lipinski definition) is 1. The maximum absolute atomic E-state index is 11.8. The first-order valence-corrected chi connectivity index (χ1v) is 15.2. The molecule has 1 heterocycles. The van der Waals surface area contributed by atoms with Crippen LogP contribution in [0.2, 0.25) is 10.0 Å². The Bertz CT molecular complexity index is 1540. The van der Waals surface area contributed by atoms with E-state index in [2.05, 4.69) is 29.2 Å². The van der Waals surface area contributed by atoms with Gasteiger partial charge in [0.2, 0.25) is 5.91 Å². The standard InChI is InChI=1S/C35H36Cl2N2O3/c1-38(2)33(40)7-4-17-39-18-16-24(22-39)19-23-8-10-25(11-9-23)34-29-14-12-27(35(41)42)20-26(29)5-3-6-31(34)30-15-13-28(36)21-32(30)37/h4,7-15,20-21,24H,3,5-6,16-19,22H2,1-2H3,(H,41,42). The number of halogens is 2. The van der Waals surface area contributed by atoms with E-state index in [1.807, 2.05) is 30.3 Å². The number of carboxylic acids is 1. The molecular formula is C35H36Cl2N2O3. The van der Waals surface area contributed by atoms with Crippen LogP contribution in [0.1, 0.15) is 57.4 Å². The van der Waals surface area contributed by atoms with Crippen molar-refractivity contribution < 1.29 is 14.7 Å². The van der Waals surface area contributed by atoms with E-state index in [0.29, 0.717) is 21.5 Å². The molecule has 1 aliphatic heterocycles. The Kier molecular flexibility index (Phi) is 9.52. The first kappa shape index (κ1) is 30.1. The highest BCUT2D eigenvalue weighted by Crippen LogP contribution is 2.42. The summed E-state index contributed by atoms with van der Waals surface area (Å²) in [6.45, 7) is 2.85. The van der Waals surface area contributed by atoms with Crippen molar-refractivity contribution in [1.29, 1.82) is 0 Å². The van der Waals surface area contributed by atoms with E-state index in [1.165, 1.54) is 5.56 Å². The summed E-state index contributed by atoms with van der Waals surface area (Å²) < 4.78 is 0. The Morgan fingerprint density at radius 2 is 1.76 bits per heavy atom. The number of aromatic carboxylic acids is 1. The molecule has 1 N–H and O–H groups in total. The van der Waals surface area contributed by atoms with Crippen molar-refractivity contribution in [3.63, 3.8) is 0 Å². The predicted molar refractivity (Wildman–Crippen MR) is 171 cm³/mol. The van der Waals surface area contributed by atoms with Gasteiger partial charge in [0, 0.05) is 43.3 Å². The smallest absolute Gasteiger partial charge is 0.335 e. The summed E-state index contributed by atoms with van der Waals surface area (Å²) >= 11 is 13.0. The lowest BCUT2D eigenvalue weighted by Gasteiger charge is -2.19. The topological polar surface area (TPSA) is 60.9 Å². The number of allylic oxidation sites excluding steroid dienone is 1. The van der Waals surface area contributed by atoms with E-state index >= 15 is 0 Å². The number of rotatable bonds is 8. The molecule has 0 saturated carbocycles. The summed E-state index contributed by atoms with van der Waals surface area (Å²) in [6, 6.07) is 19.9. The summed E-state index contributed by atoms with van der Waals surface area (Å²) in [5, 5.41) is 10.8. The van der Waals surface area contributed by atoms with E-state index in [4.69, 9.17) is 23.2 Å². The van der Waals surface area contributed by atoms with Gasteiger partial charge in [-0.3, -0.25) is 9.69 Å². The van der Waals surface area contributed by atoms with Crippen LogP contribution >= 0.6 is 23.2 Å². The van der Waals surface area contributed by atoms with Crippen LogP contribution in [0.5, 0.6) is 0 Å². The second-order valence-corrected chi connectivity index (χ2v) is 12.3. The van der Waals surface area contributed by atoms with Crippen LogP contribution in [0.25, 0.3) is 11.1 Å². The number of likely N-dealkylation sites (tertiary alicyclic amines) is 1. The Morgan fingerprint density at radius 1 is 1.00 bits per heavy atom. The van der Waals surface area contributed by atoms with E-state index < -0.39 is 5.97 Å². The van der Waals surface area contributed by atoms with Crippen LogP contribution in [0, 0.1) is 5.92 Å². The molecule has 1 saturated heterocycles. The molecule has 0 radical (unpaired) electrons. The van der Waals surface area contributed by atoms with Crippen molar-refractivity contribution in [2.45, 2.75) is 32.1 Å². The quantitative estimate of drug-likeness (QED) is 0.271. The summed E-state index contributed by atoms with van der Waals surface area (Å²) in [7, 11) is 3.52. The van der Waals surface area contributed by atoms with Crippen molar-refractivity contribution in [3.8, 4) is 0 Å². The largest absolute Gasteiger partial charge is 0.478 e. The van der Waals surface area contributed by atoms with Crippen molar-refractivity contribution in [1.82, 2.24) is 9.80 Å². The number of carboxylic acid groups (broad SMARTS) is 1. The number of carbonyl (C=O) groups excluding carboxylic acids is 1. The zero-order valence-electron chi connectivity index (χ0n) is 24.1. The fraction of sp³-hybridized carbons (Fsp3) is 0.314. The summed E-state index contributed by atoms with van der Waals surface area (Å²) in [6.07, 6.45) is 8.27. The fourth-order valence-corrected chi connectivity index (χ4v) is 6.61. The molecule has 7 heteroatoms. The monoisotopic (exact) mass is 602 g/mol. The molecule has 3 aromatic rings. The van der Waals surface area contributed by atoms with Crippen LogP contribution < -0.4 is 0 Å². The van der Waals surface area contributed by atoms with Gasteiger partial charge in [-0.05, 0) is 108 Å². The zero-order chi connectivity index (χ0) is 29.8. The summed E-state index contributed by atoms with van der Waals surface area (Å²) in [5.41, 5.74) is 8.00. The highest BCUT2D eigenvalue weighted by Gasteiger charge is 2.24. The highest BCUT2D eigenvalue weighted by atomic mass is 35.5. The lowest BCUT2D eigenvalue weighted by molar-refractivity contribution is -0.123. The van der Waals surface area contributed by atoms with Gasteiger partial charge in [0.1, 0.15) is 0 Å². The minimum atomic E-state index is -0.915. The molecule has 1 atom stereocenters. The van der Waals surface area contributed by atoms with Gasteiger partial charge in [0.05, 0.1) is 5.56 Å². The summed E-state index contributed by atoms with van der Waals surface area (Å²) in [5.74, 6) is -0.327. The van der Waals surface area contributed by atoms with Gasteiger partial charge in [-0.1, -0.05) is 65.7 Å². The lowest BCUT2D eigenvalue weighted by atomic mass is 9.86. The van der Waals surface area contributed by atoms with Gasteiger partial charge in [-0.2, -0.15) is 0 Å². The third-order valence-electron chi connectivity index (χ3n) is 8.25. The van der Waals surface area contributed by atoms with Gasteiger partial charge in [0.15, 0.2) is 0 Å². The number of hydrogen-bond acceptors (Lipinski definition) is 3. The van der Waals surface area contributed by atoms with Crippen molar-refractivity contribution in [2.24, 2.45) is 5.92 Å². The summed E-state index contributed by atoms with van der Waals surface area (Å²) in [4.78, 5) is 27.5. The van der Waals surface area contributed by atoms with Crippen molar-refractivity contribution in [3.05, 3.63) is 116 Å². The average Bonchev–Trinajstić information content (AvgIpc) is 3.31. The Hall–Kier alpha value is -3.38. The average molecular weight is 604 g/mol. The Morgan fingerprint density at radius 3 is 2.48 bits per heavy atom.